The Hall–Kier alpha value is -2.57. The van der Waals surface area contributed by atoms with Crippen molar-refractivity contribution < 1.29 is 19.4 Å². The first-order valence-electron chi connectivity index (χ1n) is 12.6. The number of hydrogen-bond donors (Lipinski definition) is 1. The summed E-state index contributed by atoms with van der Waals surface area (Å²) in [4.78, 5) is 16.6. The number of ether oxygens (including phenoxy) is 2. The van der Waals surface area contributed by atoms with E-state index in [1.807, 2.05) is 26.0 Å². The molecule has 2 bridgehead atoms. The van der Waals surface area contributed by atoms with Gasteiger partial charge in [0.15, 0.2) is 0 Å². The van der Waals surface area contributed by atoms with E-state index in [2.05, 4.69) is 41.3 Å². The van der Waals surface area contributed by atoms with Crippen LogP contribution in [0.5, 0.6) is 5.75 Å². The normalized spacial score (nSPS) is 24.5. The summed E-state index contributed by atoms with van der Waals surface area (Å²) in [7, 11) is 0. The largest absolute Gasteiger partial charge is 0.494 e. The maximum Gasteiger partial charge on any atom is 0.408 e. The summed E-state index contributed by atoms with van der Waals surface area (Å²) in [5, 5.41) is 10.2. The Bertz CT molecular complexity index is 976. The molecule has 0 aliphatic carbocycles. The highest BCUT2D eigenvalue weighted by molar-refractivity contribution is 5.68. The summed E-state index contributed by atoms with van der Waals surface area (Å²) in [6, 6.07) is 16.6. The van der Waals surface area contributed by atoms with Crippen molar-refractivity contribution in [3.05, 3.63) is 54.1 Å². The van der Waals surface area contributed by atoms with Crippen molar-refractivity contribution in [1.82, 2.24) is 9.80 Å². The minimum atomic E-state index is -0.826. The number of fused-ring (bicyclic) bond motifs is 3. The molecule has 0 radical (unpaired) electrons. The maximum atomic E-state index is 12.4. The van der Waals surface area contributed by atoms with E-state index >= 15 is 0 Å². The van der Waals surface area contributed by atoms with Crippen LogP contribution >= 0.6 is 0 Å². The number of carboxylic acid groups (broad SMARTS) is 1. The zero-order valence-corrected chi connectivity index (χ0v) is 20.3. The Labute approximate surface area is 202 Å². The quantitative estimate of drug-likeness (QED) is 0.590. The van der Waals surface area contributed by atoms with Gasteiger partial charge in [-0.25, -0.2) is 4.79 Å². The van der Waals surface area contributed by atoms with Crippen LogP contribution in [0.4, 0.5) is 4.79 Å². The first kappa shape index (κ1) is 23.2. The van der Waals surface area contributed by atoms with E-state index in [4.69, 9.17) is 9.47 Å². The van der Waals surface area contributed by atoms with Crippen LogP contribution in [-0.2, 0) is 10.3 Å². The van der Waals surface area contributed by atoms with Gasteiger partial charge in [0.2, 0.25) is 0 Å². The summed E-state index contributed by atoms with van der Waals surface area (Å²) in [5.74, 6) is 1.99. The highest BCUT2D eigenvalue weighted by Gasteiger charge is 2.45. The van der Waals surface area contributed by atoms with Crippen LogP contribution in [0.25, 0.3) is 11.1 Å². The molecule has 6 heteroatoms. The Morgan fingerprint density at radius 2 is 1.68 bits per heavy atom. The van der Waals surface area contributed by atoms with Gasteiger partial charge in [0, 0.05) is 12.5 Å². The molecule has 4 aliphatic rings. The minimum Gasteiger partial charge on any atom is -0.494 e. The van der Waals surface area contributed by atoms with Crippen molar-refractivity contribution >= 4 is 6.09 Å². The van der Waals surface area contributed by atoms with E-state index in [0.717, 1.165) is 81.2 Å². The molecule has 0 saturated carbocycles. The third-order valence-corrected chi connectivity index (χ3v) is 8.04. The van der Waals surface area contributed by atoms with Crippen LogP contribution in [0.2, 0.25) is 0 Å². The maximum absolute atomic E-state index is 12.4. The zero-order chi connectivity index (χ0) is 23.7. The molecule has 4 aliphatic heterocycles. The predicted octanol–water partition coefficient (Wildman–Crippen LogP) is 5.08. The highest BCUT2D eigenvalue weighted by atomic mass is 16.5. The van der Waals surface area contributed by atoms with Crippen LogP contribution in [0.1, 0.15) is 38.7 Å². The molecule has 2 aromatic carbocycles. The molecule has 1 atom stereocenters. The van der Waals surface area contributed by atoms with Crippen molar-refractivity contribution in [3.8, 4) is 16.9 Å². The fourth-order valence-corrected chi connectivity index (χ4v) is 5.77. The van der Waals surface area contributed by atoms with Crippen LogP contribution in [0.15, 0.2) is 48.5 Å². The lowest BCUT2D eigenvalue weighted by atomic mass is 9.80. The molecule has 6 nitrogen and oxygen atoms in total. The van der Waals surface area contributed by atoms with Crippen molar-refractivity contribution in [2.24, 2.45) is 11.8 Å². The van der Waals surface area contributed by atoms with Gasteiger partial charge in [-0.05, 0) is 80.9 Å². The molecule has 2 aromatic rings. The second kappa shape index (κ2) is 9.59. The summed E-state index contributed by atoms with van der Waals surface area (Å²) < 4.78 is 11.1. The molecule has 182 valence electrons. The van der Waals surface area contributed by atoms with Crippen molar-refractivity contribution in [2.75, 3.05) is 39.5 Å². The van der Waals surface area contributed by atoms with Gasteiger partial charge in [-0.1, -0.05) is 36.4 Å². The number of amides is 1. The zero-order valence-electron chi connectivity index (χ0n) is 20.3. The van der Waals surface area contributed by atoms with Gasteiger partial charge in [-0.2, -0.15) is 0 Å². The lowest BCUT2D eigenvalue weighted by Crippen LogP contribution is -2.62. The van der Waals surface area contributed by atoms with Crippen molar-refractivity contribution in [1.29, 1.82) is 0 Å². The monoisotopic (exact) mass is 464 g/mol. The van der Waals surface area contributed by atoms with E-state index in [-0.39, 0.29) is 6.04 Å². The minimum absolute atomic E-state index is 0.0547. The van der Waals surface area contributed by atoms with E-state index in [1.54, 1.807) is 4.90 Å². The van der Waals surface area contributed by atoms with Crippen LogP contribution in [-0.4, -0.2) is 66.5 Å². The lowest BCUT2D eigenvalue weighted by molar-refractivity contribution is -0.0401. The van der Waals surface area contributed by atoms with Crippen molar-refractivity contribution in [3.63, 3.8) is 0 Å². The van der Waals surface area contributed by atoms with E-state index in [1.165, 1.54) is 0 Å². The standard InChI is InChI=1S/C28H36N2O4/c1-28(2,30(27(31)32)26-17-29-14-11-23(26)12-15-29)24-7-3-21(4-8-24)22-5-9-25(10-6-22)34-16-13-20-18-33-19-20/h3-10,20,23,26H,11-19H2,1-2H3,(H,31,32). The number of rotatable bonds is 8. The summed E-state index contributed by atoms with van der Waals surface area (Å²) >= 11 is 0. The third kappa shape index (κ3) is 4.66. The average molecular weight is 465 g/mol. The van der Waals surface area contributed by atoms with Gasteiger partial charge >= 0.3 is 6.09 Å². The molecular weight excluding hydrogens is 428 g/mol. The third-order valence-electron chi connectivity index (χ3n) is 8.04. The number of piperidine rings is 3. The fourth-order valence-electron chi connectivity index (χ4n) is 5.77. The van der Waals surface area contributed by atoms with Gasteiger partial charge in [0.05, 0.1) is 31.4 Å². The van der Waals surface area contributed by atoms with Gasteiger partial charge < -0.3 is 19.5 Å². The molecule has 4 saturated heterocycles. The number of benzene rings is 2. The average Bonchev–Trinajstić information content (AvgIpc) is 2.82. The molecule has 4 fully saturated rings. The van der Waals surface area contributed by atoms with Gasteiger partial charge in [-0.15, -0.1) is 0 Å². The van der Waals surface area contributed by atoms with Gasteiger partial charge in [0.25, 0.3) is 0 Å². The summed E-state index contributed by atoms with van der Waals surface area (Å²) in [6.07, 6.45) is 2.40. The fraction of sp³-hybridized carbons (Fsp3) is 0.536. The molecule has 1 N–H and O–H groups in total. The van der Waals surface area contributed by atoms with Crippen LogP contribution in [0.3, 0.4) is 0 Å². The van der Waals surface area contributed by atoms with Crippen molar-refractivity contribution in [2.45, 2.75) is 44.7 Å². The van der Waals surface area contributed by atoms with E-state index in [9.17, 15) is 9.90 Å². The second-order valence-corrected chi connectivity index (χ2v) is 10.6. The summed E-state index contributed by atoms with van der Waals surface area (Å²) in [6.45, 7) is 9.56. The first-order valence-corrected chi connectivity index (χ1v) is 12.6. The Morgan fingerprint density at radius 3 is 2.18 bits per heavy atom. The molecule has 4 heterocycles. The molecule has 0 aromatic heterocycles. The number of nitrogens with zero attached hydrogens (tertiary/aromatic N) is 2. The smallest absolute Gasteiger partial charge is 0.408 e. The molecule has 0 spiro atoms. The second-order valence-electron chi connectivity index (χ2n) is 10.6. The highest BCUT2D eigenvalue weighted by Crippen LogP contribution is 2.38. The van der Waals surface area contributed by atoms with E-state index in [0.29, 0.717) is 11.8 Å². The Morgan fingerprint density at radius 1 is 1.06 bits per heavy atom. The van der Waals surface area contributed by atoms with Crippen LogP contribution < -0.4 is 4.74 Å². The predicted molar refractivity (Wildman–Crippen MR) is 132 cm³/mol. The SMILES string of the molecule is CC(C)(c1ccc(-c2ccc(OCCC3COC3)cc2)cc1)N(C(=O)O)C1CN2CCC1CC2. The Kier molecular flexibility index (Phi) is 6.54. The van der Waals surface area contributed by atoms with Crippen LogP contribution in [0, 0.1) is 11.8 Å². The first-order chi connectivity index (χ1) is 16.4. The number of hydrogen-bond acceptors (Lipinski definition) is 4. The molecule has 1 amide bonds. The van der Waals surface area contributed by atoms with Gasteiger partial charge in [-0.3, -0.25) is 4.90 Å². The summed E-state index contributed by atoms with van der Waals surface area (Å²) in [5.41, 5.74) is 2.66. The molecule has 34 heavy (non-hydrogen) atoms. The lowest BCUT2D eigenvalue weighted by Gasteiger charge is -2.52. The number of carbonyl (C=O) groups is 1. The molecular formula is C28H36N2O4. The van der Waals surface area contributed by atoms with E-state index < -0.39 is 11.6 Å². The molecule has 6 rings (SSSR count). The molecule has 1 unspecified atom stereocenters. The van der Waals surface area contributed by atoms with Gasteiger partial charge in [0.1, 0.15) is 5.75 Å². The Balaban J connectivity index is 1.27. The topological polar surface area (TPSA) is 62.2 Å².